The van der Waals surface area contributed by atoms with E-state index in [1.54, 1.807) is 7.11 Å². The van der Waals surface area contributed by atoms with E-state index in [0.29, 0.717) is 0 Å². The van der Waals surface area contributed by atoms with Gasteiger partial charge in [0.1, 0.15) is 0 Å². The second-order valence-corrected chi connectivity index (χ2v) is 5.94. The highest BCUT2D eigenvalue weighted by Gasteiger charge is 2.25. The highest BCUT2D eigenvalue weighted by molar-refractivity contribution is 4.83. The molecule has 18 heavy (non-hydrogen) atoms. The first-order valence-corrected chi connectivity index (χ1v) is 7.63. The first-order valence-electron chi connectivity index (χ1n) is 7.63. The maximum atomic E-state index is 5.25. The Morgan fingerprint density at radius 2 is 1.89 bits per heavy atom. The molecule has 1 saturated carbocycles. The monoisotopic (exact) mass is 256 g/mol. The highest BCUT2D eigenvalue weighted by Crippen LogP contribution is 2.23. The molecule has 1 N–H and O–H groups in total. The summed E-state index contributed by atoms with van der Waals surface area (Å²) in [7, 11) is 1.80. The van der Waals surface area contributed by atoms with E-state index in [-0.39, 0.29) is 0 Å². The summed E-state index contributed by atoms with van der Waals surface area (Å²) >= 11 is 0. The van der Waals surface area contributed by atoms with Crippen LogP contribution in [0, 0.1) is 5.92 Å². The lowest BCUT2D eigenvalue weighted by molar-refractivity contribution is 0.0875. The van der Waals surface area contributed by atoms with Gasteiger partial charge in [-0.15, -0.1) is 0 Å². The first kappa shape index (κ1) is 15.9. The molecule has 3 nitrogen and oxygen atoms in total. The Balaban J connectivity index is 2.38. The van der Waals surface area contributed by atoms with Crippen LogP contribution in [0.25, 0.3) is 0 Å². The molecule has 108 valence electrons. The van der Waals surface area contributed by atoms with Crippen LogP contribution in [0.15, 0.2) is 0 Å². The molecule has 1 aliphatic rings. The average molecular weight is 256 g/mol. The summed E-state index contributed by atoms with van der Waals surface area (Å²) in [6, 6.07) is 1.53. The fourth-order valence-corrected chi connectivity index (χ4v) is 3.03. The number of methoxy groups -OCH3 is 1. The third-order valence-corrected chi connectivity index (χ3v) is 3.89. The largest absolute Gasteiger partial charge is 0.383 e. The first-order chi connectivity index (χ1) is 8.67. The van der Waals surface area contributed by atoms with Crippen LogP contribution in [-0.2, 0) is 4.74 Å². The van der Waals surface area contributed by atoms with Crippen molar-refractivity contribution in [3.8, 4) is 0 Å². The molecule has 0 aliphatic heterocycles. The Hall–Kier alpha value is -0.120. The molecule has 0 spiro atoms. The zero-order valence-electron chi connectivity index (χ0n) is 12.7. The maximum absolute atomic E-state index is 5.25. The van der Waals surface area contributed by atoms with Crippen LogP contribution in [0.3, 0.4) is 0 Å². The van der Waals surface area contributed by atoms with E-state index >= 15 is 0 Å². The summed E-state index contributed by atoms with van der Waals surface area (Å²) in [5.74, 6) is 0.744. The lowest BCUT2D eigenvalue weighted by Gasteiger charge is -2.38. The van der Waals surface area contributed by atoms with Crippen LogP contribution < -0.4 is 5.32 Å². The molecule has 0 amide bonds. The molecule has 0 saturated heterocycles. The van der Waals surface area contributed by atoms with Crippen molar-refractivity contribution in [3.63, 3.8) is 0 Å². The summed E-state index contributed by atoms with van der Waals surface area (Å²) in [5, 5.41) is 3.58. The van der Waals surface area contributed by atoms with Gasteiger partial charge >= 0.3 is 0 Å². The molecule has 1 fully saturated rings. The van der Waals surface area contributed by atoms with Gasteiger partial charge < -0.3 is 10.1 Å². The molecule has 0 aromatic rings. The van der Waals surface area contributed by atoms with Crippen LogP contribution in [0.1, 0.15) is 46.5 Å². The second-order valence-electron chi connectivity index (χ2n) is 5.94. The second kappa shape index (κ2) is 8.89. The smallest absolute Gasteiger partial charge is 0.0589 e. The van der Waals surface area contributed by atoms with Crippen molar-refractivity contribution < 1.29 is 4.74 Å². The van der Waals surface area contributed by atoms with E-state index in [2.05, 4.69) is 31.0 Å². The van der Waals surface area contributed by atoms with Crippen LogP contribution in [0.2, 0.25) is 0 Å². The third kappa shape index (κ3) is 5.68. The maximum Gasteiger partial charge on any atom is 0.0589 e. The van der Waals surface area contributed by atoms with E-state index in [1.165, 1.54) is 32.2 Å². The topological polar surface area (TPSA) is 24.5 Å². The zero-order valence-corrected chi connectivity index (χ0v) is 12.7. The predicted molar refractivity (Wildman–Crippen MR) is 78.0 cm³/mol. The number of nitrogens with zero attached hydrogens (tertiary/aromatic N) is 1. The quantitative estimate of drug-likeness (QED) is 0.722. The lowest BCUT2D eigenvalue weighted by atomic mass is 9.89. The summed E-state index contributed by atoms with van der Waals surface area (Å²) < 4.78 is 5.25. The highest BCUT2D eigenvalue weighted by atomic mass is 16.5. The predicted octanol–water partition coefficient (Wildman–Crippen LogP) is 2.51. The molecule has 0 unspecified atom stereocenters. The molecule has 1 rings (SSSR count). The van der Waals surface area contributed by atoms with E-state index in [1.807, 2.05) is 0 Å². The van der Waals surface area contributed by atoms with Gasteiger partial charge in [0.15, 0.2) is 0 Å². The number of rotatable bonds is 8. The standard InChI is InChI=1S/C15H32N2O/c1-5-16-14-6-8-15(9-7-14)17(10-11-18-4)12-13(2)3/h13-16H,5-12H2,1-4H3. The summed E-state index contributed by atoms with van der Waals surface area (Å²) in [5.41, 5.74) is 0. The molecule has 0 atom stereocenters. The zero-order chi connectivity index (χ0) is 13.4. The normalized spacial score (nSPS) is 25.0. The van der Waals surface area contributed by atoms with Gasteiger partial charge in [-0.3, -0.25) is 4.90 Å². The van der Waals surface area contributed by atoms with Crippen molar-refractivity contribution in [2.75, 3.05) is 33.4 Å². The molecule has 0 radical (unpaired) electrons. The number of nitrogens with one attached hydrogen (secondary N) is 1. The van der Waals surface area contributed by atoms with Crippen LogP contribution in [0.5, 0.6) is 0 Å². The third-order valence-electron chi connectivity index (χ3n) is 3.89. The van der Waals surface area contributed by atoms with E-state index < -0.39 is 0 Å². The van der Waals surface area contributed by atoms with Gasteiger partial charge in [0.05, 0.1) is 6.61 Å². The fourth-order valence-electron chi connectivity index (χ4n) is 3.03. The molecular formula is C15H32N2O. The molecule has 0 heterocycles. The van der Waals surface area contributed by atoms with Gasteiger partial charge in [0.25, 0.3) is 0 Å². The Kier molecular flexibility index (Phi) is 7.87. The Morgan fingerprint density at radius 3 is 2.39 bits per heavy atom. The average Bonchev–Trinajstić information content (AvgIpc) is 2.35. The minimum Gasteiger partial charge on any atom is -0.383 e. The van der Waals surface area contributed by atoms with Gasteiger partial charge in [0.2, 0.25) is 0 Å². The molecule has 0 aromatic carbocycles. The van der Waals surface area contributed by atoms with Gasteiger partial charge in [-0.2, -0.15) is 0 Å². The van der Waals surface area contributed by atoms with Crippen molar-refractivity contribution in [1.82, 2.24) is 10.2 Å². The van der Waals surface area contributed by atoms with Crippen molar-refractivity contribution >= 4 is 0 Å². The molecule has 1 aliphatic carbocycles. The summed E-state index contributed by atoms with van der Waals surface area (Å²) in [6.45, 7) is 11.1. The van der Waals surface area contributed by atoms with Crippen LogP contribution in [0.4, 0.5) is 0 Å². The molecule has 3 heteroatoms. The van der Waals surface area contributed by atoms with Gasteiger partial charge in [-0.1, -0.05) is 20.8 Å². The van der Waals surface area contributed by atoms with E-state index in [4.69, 9.17) is 4.74 Å². The van der Waals surface area contributed by atoms with E-state index in [9.17, 15) is 0 Å². The molecule has 0 aromatic heterocycles. The summed E-state index contributed by atoms with van der Waals surface area (Å²) in [4.78, 5) is 2.65. The number of hydrogen-bond donors (Lipinski definition) is 1. The van der Waals surface area contributed by atoms with Crippen molar-refractivity contribution in [2.45, 2.75) is 58.5 Å². The molecular weight excluding hydrogens is 224 g/mol. The van der Waals surface area contributed by atoms with Crippen molar-refractivity contribution in [1.29, 1.82) is 0 Å². The van der Waals surface area contributed by atoms with Gasteiger partial charge in [-0.05, 0) is 38.1 Å². The Bertz CT molecular complexity index is 201. The Labute approximate surface area is 113 Å². The Morgan fingerprint density at radius 1 is 1.22 bits per heavy atom. The van der Waals surface area contributed by atoms with Crippen molar-refractivity contribution in [2.24, 2.45) is 5.92 Å². The van der Waals surface area contributed by atoms with Crippen molar-refractivity contribution in [3.05, 3.63) is 0 Å². The van der Waals surface area contributed by atoms with E-state index in [0.717, 1.165) is 37.7 Å². The van der Waals surface area contributed by atoms with Crippen LogP contribution in [-0.4, -0.2) is 50.3 Å². The summed E-state index contributed by atoms with van der Waals surface area (Å²) in [6.07, 6.45) is 5.35. The van der Waals surface area contributed by atoms with Gasteiger partial charge in [0, 0.05) is 32.3 Å². The minimum absolute atomic E-state index is 0.744. The van der Waals surface area contributed by atoms with Gasteiger partial charge in [-0.25, -0.2) is 0 Å². The lowest BCUT2D eigenvalue weighted by Crippen LogP contribution is -2.45. The van der Waals surface area contributed by atoms with Crippen LogP contribution >= 0.6 is 0 Å². The SMILES string of the molecule is CCNC1CCC(N(CCOC)CC(C)C)CC1. The minimum atomic E-state index is 0.744. The number of hydrogen-bond acceptors (Lipinski definition) is 3. The molecule has 0 bridgehead atoms. The number of ether oxygens (including phenoxy) is 1. The fraction of sp³-hybridized carbons (Fsp3) is 1.00.